The molecule has 2 N–H and O–H groups in total. The van der Waals surface area contributed by atoms with E-state index in [1.807, 2.05) is 6.20 Å². The van der Waals surface area contributed by atoms with Gasteiger partial charge in [-0.05, 0) is 43.5 Å². The lowest BCUT2D eigenvalue weighted by Gasteiger charge is -2.36. The Kier molecular flexibility index (Phi) is 3.54. The molecule has 0 atom stereocenters. The van der Waals surface area contributed by atoms with Gasteiger partial charge in [0, 0.05) is 24.8 Å². The van der Waals surface area contributed by atoms with E-state index in [4.69, 9.17) is 0 Å². The molecule has 0 saturated heterocycles. The summed E-state index contributed by atoms with van der Waals surface area (Å²) in [5.41, 5.74) is 1.36. The second kappa shape index (κ2) is 5.34. The second-order valence-corrected chi connectivity index (χ2v) is 5.45. The zero-order valence-corrected chi connectivity index (χ0v) is 11.2. The molecule has 1 aliphatic carbocycles. The van der Waals surface area contributed by atoms with Crippen molar-refractivity contribution in [3.05, 3.63) is 48.0 Å². The van der Waals surface area contributed by atoms with Gasteiger partial charge in [-0.2, -0.15) is 5.10 Å². The molecule has 3 rings (SSSR count). The molecule has 20 heavy (non-hydrogen) atoms. The first-order chi connectivity index (χ1) is 9.65. The molecule has 5 heteroatoms. The molecule has 1 aromatic heterocycles. The zero-order chi connectivity index (χ0) is 14.0. The molecule has 0 bridgehead atoms. The number of rotatable bonds is 5. The molecule has 0 aliphatic heterocycles. The third-order valence-corrected chi connectivity index (χ3v) is 3.79. The number of hydrogen-bond acceptors (Lipinski definition) is 3. The summed E-state index contributed by atoms with van der Waals surface area (Å²) < 4.78 is 14.6. The number of benzene rings is 1. The molecule has 2 aromatic rings. The Morgan fingerprint density at radius 3 is 2.70 bits per heavy atom. The molecule has 0 spiro atoms. The van der Waals surface area contributed by atoms with E-state index < -0.39 is 5.60 Å². The Morgan fingerprint density at radius 2 is 2.05 bits per heavy atom. The Balaban J connectivity index is 1.57. The topological polar surface area (TPSA) is 50.1 Å². The summed E-state index contributed by atoms with van der Waals surface area (Å²) in [5.74, 6) is -0.253. The quantitative estimate of drug-likeness (QED) is 0.877. The summed E-state index contributed by atoms with van der Waals surface area (Å²) in [5, 5.41) is 17.5. The lowest BCUT2D eigenvalue weighted by atomic mass is 9.80. The van der Waals surface area contributed by atoms with Crippen molar-refractivity contribution in [2.24, 2.45) is 0 Å². The monoisotopic (exact) mass is 275 g/mol. The van der Waals surface area contributed by atoms with E-state index in [2.05, 4.69) is 10.4 Å². The van der Waals surface area contributed by atoms with Crippen LogP contribution in [0.2, 0.25) is 0 Å². The number of aromatic nitrogens is 2. The van der Waals surface area contributed by atoms with Crippen LogP contribution in [-0.4, -0.2) is 27.0 Å². The summed E-state index contributed by atoms with van der Waals surface area (Å²) in [6, 6.07) is 6.22. The van der Waals surface area contributed by atoms with E-state index in [1.165, 1.54) is 12.1 Å². The van der Waals surface area contributed by atoms with Crippen molar-refractivity contribution in [2.45, 2.75) is 31.4 Å². The van der Waals surface area contributed by atoms with Crippen molar-refractivity contribution >= 4 is 0 Å². The highest BCUT2D eigenvalue weighted by molar-refractivity contribution is 5.31. The van der Waals surface area contributed by atoms with Crippen molar-refractivity contribution < 1.29 is 9.50 Å². The Hall–Kier alpha value is -1.72. The number of aliphatic hydroxyl groups is 1. The Labute approximate surface area is 117 Å². The van der Waals surface area contributed by atoms with Crippen LogP contribution < -0.4 is 5.32 Å². The summed E-state index contributed by atoms with van der Waals surface area (Å²) in [4.78, 5) is 0. The normalized spacial score (nSPS) is 16.9. The minimum atomic E-state index is -0.507. The standard InChI is InChI=1S/C15H18FN3O/c16-13-2-4-14(5-3-13)19-10-12(9-18-19)8-17-11-15(20)6-1-7-15/h2-5,9-10,17,20H,1,6-8,11H2. The van der Waals surface area contributed by atoms with E-state index >= 15 is 0 Å². The molecule has 1 aromatic carbocycles. The maximum atomic E-state index is 12.9. The molecular formula is C15H18FN3O. The minimum Gasteiger partial charge on any atom is -0.389 e. The van der Waals surface area contributed by atoms with Gasteiger partial charge in [0.2, 0.25) is 0 Å². The lowest BCUT2D eigenvalue weighted by molar-refractivity contribution is -0.0314. The highest BCUT2D eigenvalue weighted by Crippen LogP contribution is 2.30. The van der Waals surface area contributed by atoms with Crippen LogP contribution in [-0.2, 0) is 6.54 Å². The summed E-state index contributed by atoms with van der Waals surface area (Å²) in [6.45, 7) is 1.29. The largest absolute Gasteiger partial charge is 0.389 e. The summed E-state index contributed by atoms with van der Waals surface area (Å²) in [7, 11) is 0. The molecule has 0 amide bonds. The van der Waals surface area contributed by atoms with Crippen molar-refractivity contribution in [2.75, 3.05) is 6.54 Å². The second-order valence-electron chi connectivity index (χ2n) is 5.45. The lowest BCUT2D eigenvalue weighted by Crippen LogP contribution is -2.45. The smallest absolute Gasteiger partial charge is 0.123 e. The van der Waals surface area contributed by atoms with Crippen LogP contribution in [0.25, 0.3) is 5.69 Å². The first kappa shape index (κ1) is 13.3. The van der Waals surface area contributed by atoms with E-state index in [0.717, 1.165) is 30.5 Å². The fourth-order valence-electron chi connectivity index (χ4n) is 2.39. The molecule has 1 saturated carbocycles. The Bertz CT molecular complexity index is 575. The van der Waals surface area contributed by atoms with Gasteiger partial charge in [-0.25, -0.2) is 9.07 Å². The van der Waals surface area contributed by atoms with E-state index in [1.54, 1.807) is 23.0 Å². The van der Waals surface area contributed by atoms with Crippen LogP contribution in [0.3, 0.4) is 0 Å². The van der Waals surface area contributed by atoms with Gasteiger partial charge >= 0.3 is 0 Å². The van der Waals surface area contributed by atoms with Crippen molar-refractivity contribution in [1.82, 2.24) is 15.1 Å². The van der Waals surface area contributed by atoms with Crippen molar-refractivity contribution in [1.29, 1.82) is 0 Å². The van der Waals surface area contributed by atoms with Crippen LogP contribution in [0.1, 0.15) is 24.8 Å². The number of halogens is 1. The van der Waals surface area contributed by atoms with Gasteiger partial charge in [-0.15, -0.1) is 0 Å². The molecule has 4 nitrogen and oxygen atoms in total. The summed E-state index contributed by atoms with van der Waals surface area (Å²) >= 11 is 0. The van der Waals surface area contributed by atoms with Crippen LogP contribution in [0.4, 0.5) is 4.39 Å². The van der Waals surface area contributed by atoms with Gasteiger partial charge in [0.1, 0.15) is 5.82 Å². The van der Waals surface area contributed by atoms with Crippen molar-refractivity contribution in [3.8, 4) is 5.69 Å². The van der Waals surface area contributed by atoms with E-state index in [9.17, 15) is 9.50 Å². The van der Waals surface area contributed by atoms with Crippen LogP contribution >= 0.6 is 0 Å². The first-order valence-electron chi connectivity index (χ1n) is 6.87. The fourth-order valence-corrected chi connectivity index (χ4v) is 2.39. The predicted octanol–water partition coefficient (Wildman–Crippen LogP) is 2.02. The van der Waals surface area contributed by atoms with Gasteiger partial charge < -0.3 is 10.4 Å². The van der Waals surface area contributed by atoms with Gasteiger partial charge in [0.15, 0.2) is 0 Å². The first-order valence-corrected chi connectivity index (χ1v) is 6.87. The molecule has 106 valence electrons. The van der Waals surface area contributed by atoms with Gasteiger partial charge in [0.05, 0.1) is 17.5 Å². The fraction of sp³-hybridized carbons (Fsp3) is 0.400. The predicted molar refractivity (Wildman–Crippen MR) is 74.0 cm³/mol. The zero-order valence-electron chi connectivity index (χ0n) is 11.2. The maximum absolute atomic E-state index is 12.9. The van der Waals surface area contributed by atoms with Gasteiger partial charge in [0.25, 0.3) is 0 Å². The molecule has 1 heterocycles. The average molecular weight is 275 g/mol. The van der Waals surface area contributed by atoms with Gasteiger partial charge in [-0.1, -0.05) is 0 Å². The molecule has 0 radical (unpaired) electrons. The van der Waals surface area contributed by atoms with E-state index in [0.29, 0.717) is 13.1 Å². The maximum Gasteiger partial charge on any atom is 0.123 e. The van der Waals surface area contributed by atoms with Crippen LogP contribution in [0.5, 0.6) is 0 Å². The minimum absolute atomic E-state index is 0.253. The third kappa shape index (κ3) is 2.89. The molecule has 0 unspecified atom stereocenters. The molecular weight excluding hydrogens is 257 g/mol. The van der Waals surface area contributed by atoms with Crippen LogP contribution in [0, 0.1) is 5.82 Å². The number of nitrogens with one attached hydrogen (secondary N) is 1. The Morgan fingerprint density at radius 1 is 1.30 bits per heavy atom. The van der Waals surface area contributed by atoms with Crippen molar-refractivity contribution in [3.63, 3.8) is 0 Å². The number of hydrogen-bond donors (Lipinski definition) is 2. The highest BCUT2D eigenvalue weighted by Gasteiger charge is 2.33. The van der Waals surface area contributed by atoms with Crippen LogP contribution in [0.15, 0.2) is 36.7 Å². The number of nitrogens with zero attached hydrogens (tertiary/aromatic N) is 2. The highest BCUT2D eigenvalue weighted by atomic mass is 19.1. The summed E-state index contributed by atoms with van der Waals surface area (Å²) in [6.07, 6.45) is 6.57. The molecule has 1 fully saturated rings. The third-order valence-electron chi connectivity index (χ3n) is 3.79. The molecule has 1 aliphatic rings. The van der Waals surface area contributed by atoms with Gasteiger partial charge in [-0.3, -0.25) is 0 Å². The average Bonchev–Trinajstić information content (AvgIpc) is 2.86. The van der Waals surface area contributed by atoms with E-state index in [-0.39, 0.29) is 5.82 Å². The SMILES string of the molecule is OC1(CNCc2cnn(-c3ccc(F)cc3)c2)CCC1.